The number of alkyl halides is 2. The third-order valence-corrected chi connectivity index (χ3v) is 5.23. The predicted octanol–water partition coefficient (Wildman–Crippen LogP) is 4.01. The van der Waals surface area contributed by atoms with Gasteiger partial charge in [-0.15, -0.1) is 0 Å². The van der Waals surface area contributed by atoms with Crippen LogP contribution in [-0.2, 0) is 0 Å². The van der Waals surface area contributed by atoms with Gasteiger partial charge in [-0.3, -0.25) is 0 Å². The Bertz CT molecular complexity index is 1390. The summed E-state index contributed by atoms with van der Waals surface area (Å²) in [5.41, 5.74) is 3.85. The number of nitrogens with zero attached hydrogens (tertiary/aromatic N) is 5. The molecule has 0 fully saturated rings. The molecule has 0 aliphatic heterocycles. The highest BCUT2D eigenvalue weighted by Gasteiger charge is 2.15. The van der Waals surface area contributed by atoms with Crippen molar-refractivity contribution in [3.05, 3.63) is 84.2 Å². The first kappa shape index (κ1) is 21.5. The summed E-state index contributed by atoms with van der Waals surface area (Å²) in [4.78, 5) is 8.89. The Kier molecular flexibility index (Phi) is 5.83. The SMILES string of the molecule is OC[C@H](c1ccccc1)c1ccc(-n2ncc3ncc(Nc4cc(OC(F)F)[nH]n4)nc32)cc1. The molecule has 3 aromatic heterocycles. The number of H-pyrrole nitrogens is 1. The van der Waals surface area contributed by atoms with E-state index in [1.807, 2.05) is 54.6 Å². The number of halogens is 2. The second-order valence-electron chi connectivity index (χ2n) is 7.38. The lowest BCUT2D eigenvalue weighted by atomic mass is 9.92. The van der Waals surface area contributed by atoms with Crippen LogP contribution in [0.4, 0.5) is 20.4 Å². The second kappa shape index (κ2) is 9.24. The molecular weight excluding hydrogens is 444 g/mol. The summed E-state index contributed by atoms with van der Waals surface area (Å²) in [5, 5.41) is 23.4. The number of aromatic nitrogens is 6. The average Bonchev–Trinajstić information content (AvgIpc) is 3.47. The highest BCUT2D eigenvalue weighted by atomic mass is 19.3. The van der Waals surface area contributed by atoms with Crippen LogP contribution in [-0.4, -0.2) is 48.3 Å². The Balaban J connectivity index is 1.40. The van der Waals surface area contributed by atoms with Gasteiger partial charge in [0.1, 0.15) is 5.52 Å². The van der Waals surface area contributed by atoms with E-state index >= 15 is 0 Å². The van der Waals surface area contributed by atoms with E-state index in [2.05, 4.69) is 35.3 Å². The smallest absolute Gasteiger partial charge is 0.388 e. The number of ether oxygens (including phenoxy) is 1. The van der Waals surface area contributed by atoms with Gasteiger partial charge in [0.05, 0.1) is 24.7 Å². The van der Waals surface area contributed by atoms with Crippen molar-refractivity contribution in [2.24, 2.45) is 0 Å². The quantitative estimate of drug-likeness (QED) is 0.319. The van der Waals surface area contributed by atoms with Crippen LogP contribution >= 0.6 is 0 Å². The molecule has 0 saturated heterocycles. The molecule has 3 heterocycles. The minimum absolute atomic E-state index is 0.00811. The van der Waals surface area contributed by atoms with Gasteiger partial charge in [-0.2, -0.15) is 19.0 Å². The molecule has 34 heavy (non-hydrogen) atoms. The van der Waals surface area contributed by atoms with Crippen molar-refractivity contribution >= 4 is 22.8 Å². The van der Waals surface area contributed by atoms with Gasteiger partial charge in [-0.1, -0.05) is 42.5 Å². The van der Waals surface area contributed by atoms with Crippen molar-refractivity contribution in [2.75, 3.05) is 11.9 Å². The van der Waals surface area contributed by atoms with Gasteiger partial charge in [0.15, 0.2) is 17.3 Å². The molecule has 0 bridgehead atoms. The van der Waals surface area contributed by atoms with Gasteiger partial charge in [-0.05, 0) is 23.3 Å². The van der Waals surface area contributed by atoms with Crippen molar-refractivity contribution < 1.29 is 18.6 Å². The van der Waals surface area contributed by atoms with Gasteiger partial charge in [0.2, 0.25) is 5.88 Å². The fraction of sp³-hybridized carbons (Fsp3) is 0.130. The maximum absolute atomic E-state index is 12.3. The molecule has 5 rings (SSSR count). The molecule has 0 spiro atoms. The number of hydrogen-bond acceptors (Lipinski definition) is 7. The largest absolute Gasteiger partial charge is 0.417 e. The van der Waals surface area contributed by atoms with E-state index in [9.17, 15) is 13.9 Å². The standard InChI is InChI=1S/C23H19F2N7O2/c24-23(25)34-21-10-19(30-31-21)28-20-12-26-18-11-27-32(22(18)29-20)16-8-6-15(7-9-16)17(13-33)14-4-2-1-3-5-14/h1-12,17,23,33H,13H2,(H2,28,29,30,31)/t17-/m1/s1. The number of benzene rings is 2. The van der Waals surface area contributed by atoms with Gasteiger partial charge < -0.3 is 15.2 Å². The molecule has 1 atom stereocenters. The van der Waals surface area contributed by atoms with Crippen LogP contribution in [0.2, 0.25) is 0 Å². The molecule has 0 radical (unpaired) electrons. The van der Waals surface area contributed by atoms with Crippen LogP contribution in [0.3, 0.4) is 0 Å². The first-order valence-electron chi connectivity index (χ1n) is 10.3. The zero-order valence-corrected chi connectivity index (χ0v) is 17.6. The molecular formula is C23H19F2N7O2. The number of aliphatic hydroxyl groups is 1. The average molecular weight is 463 g/mol. The summed E-state index contributed by atoms with van der Waals surface area (Å²) in [6, 6.07) is 18.8. The minimum Gasteiger partial charge on any atom is -0.417 e. The fourth-order valence-corrected chi connectivity index (χ4v) is 3.64. The summed E-state index contributed by atoms with van der Waals surface area (Å²) in [5.74, 6) is 0.294. The zero-order chi connectivity index (χ0) is 23.5. The number of aromatic amines is 1. The monoisotopic (exact) mass is 463 g/mol. The van der Waals surface area contributed by atoms with E-state index in [0.717, 1.165) is 16.8 Å². The highest BCUT2D eigenvalue weighted by molar-refractivity contribution is 5.74. The topological polar surface area (TPSA) is 114 Å². The lowest BCUT2D eigenvalue weighted by molar-refractivity contribution is -0.0528. The van der Waals surface area contributed by atoms with Crippen LogP contribution in [0.15, 0.2) is 73.1 Å². The molecule has 5 aromatic rings. The van der Waals surface area contributed by atoms with Crippen LogP contribution < -0.4 is 10.1 Å². The number of nitrogens with one attached hydrogen (secondary N) is 2. The van der Waals surface area contributed by atoms with Crippen molar-refractivity contribution in [3.8, 4) is 11.6 Å². The Labute approximate surface area is 192 Å². The van der Waals surface area contributed by atoms with Crippen LogP contribution in [0, 0.1) is 0 Å². The van der Waals surface area contributed by atoms with E-state index in [-0.39, 0.29) is 24.2 Å². The number of fused-ring (bicyclic) bond motifs is 1. The molecule has 3 N–H and O–H groups in total. The van der Waals surface area contributed by atoms with Gasteiger partial charge in [0, 0.05) is 12.0 Å². The molecule has 9 nitrogen and oxygen atoms in total. The Hall–Kier alpha value is -4.38. The summed E-state index contributed by atoms with van der Waals surface area (Å²) >= 11 is 0. The number of hydrogen-bond donors (Lipinski definition) is 3. The number of rotatable bonds is 8. The molecule has 0 aliphatic carbocycles. The third-order valence-electron chi connectivity index (χ3n) is 5.23. The van der Waals surface area contributed by atoms with E-state index in [1.165, 1.54) is 12.3 Å². The van der Waals surface area contributed by atoms with E-state index < -0.39 is 6.61 Å². The number of aliphatic hydroxyl groups excluding tert-OH is 1. The number of anilines is 2. The van der Waals surface area contributed by atoms with Crippen molar-refractivity contribution in [1.82, 2.24) is 29.9 Å². The lowest BCUT2D eigenvalue weighted by Crippen LogP contribution is -2.06. The van der Waals surface area contributed by atoms with Crippen molar-refractivity contribution in [3.63, 3.8) is 0 Å². The molecule has 172 valence electrons. The summed E-state index contributed by atoms with van der Waals surface area (Å²) < 4.78 is 30.6. The second-order valence-corrected chi connectivity index (χ2v) is 7.38. The van der Waals surface area contributed by atoms with Crippen LogP contribution in [0.1, 0.15) is 17.0 Å². The third kappa shape index (κ3) is 4.41. The highest BCUT2D eigenvalue weighted by Crippen LogP contribution is 2.26. The molecule has 0 saturated carbocycles. The fourth-order valence-electron chi connectivity index (χ4n) is 3.64. The Morgan fingerprint density at radius 2 is 1.76 bits per heavy atom. The predicted molar refractivity (Wildman–Crippen MR) is 121 cm³/mol. The Morgan fingerprint density at radius 1 is 1.00 bits per heavy atom. The van der Waals surface area contributed by atoms with Gasteiger partial charge >= 0.3 is 6.61 Å². The molecule has 0 amide bonds. The molecule has 2 aromatic carbocycles. The molecule has 0 unspecified atom stereocenters. The molecule has 11 heteroatoms. The van der Waals surface area contributed by atoms with E-state index in [1.54, 1.807) is 10.9 Å². The maximum atomic E-state index is 12.3. The molecule has 0 aliphatic rings. The lowest BCUT2D eigenvalue weighted by Gasteiger charge is -2.15. The van der Waals surface area contributed by atoms with Crippen LogP contribution in [0.25, 0.3) is 16.9 Å². The Morgan fingerprint density at radius 3 is 2.50 bits per heavy atom. The maximum Gasteiger partial charge on any atom is 0.388 e. The van der Waals surface area contributed by atoms with E-state index in [4.69, 9.17) is 0 Å². The minimum atomic E-state index is -2.95. The summed E-state index contributed by atoms with van der Waals surface area (Å²) in [6.07, 6.45) is 3.09. The zero-order valence-electron chi connectivity index (χ0n) is 17.6. The normalized spacial score (nSPS) is 12.2. The first-order valence-corrected chi connectivity index (χ1v) is 10.3. The van der Waals surface area contributed by atoms with Crippen LogP contribution in [0.5, 0.6) is 5.88 Å². The summed E-state index contributed by atoms with van der Waals surface area (Å²) in [7, 11) is 0. The first-order chi connectivity index (χ1) is 16.6. The summed E-state index contributed by atoms with van der Waals surface area (Å²) in [6.45, 7) is -2.96. The van der Waals surface area contributed by atoms with Crippen molar-refractivity contribution in [1.29, 1.82) is 0 Å². The van der Waals surface area contributed by atoms with E-state index in [0.29, 0.717) is 17.0 Å². The van der Waals surface area contributed by atoms with Gasteiger partial charge in [-0.25, -0.2) is 19.7 Å². The van der Waals surface area contributed by atoms with Crippen molar-refractivity contribution in [2.45, 2.75) is 12.5 Å². The van der Waals surface area contributed by atoms with Gasteiger partial charge in [0.25, 0.3) is 0 Å².